The van der Waals surface area contributed by atoms with Gasteiger partial charge in [0.1, 0.15) is 12.3 Å². The van der Waals surface area contributed by atoms with Crippen LogP contribution in [0.3, 0.4) is 0 Å². The van der Waals surface area contributed by atoms with Crippen molar-refractivity contribution in [2.24, 2.45) is 0 Å². The van der Waals surface area contributed by atoms with Crippen LogP contribution in [0.5, 0.6) is 0 Å². The number of ether oxygens (including phenoxy) is 2. The smallest absolute Gasteiger partial charge is 0.340 e. The number of pyridine rings is 1. The average molecular weight is 343 g/mol. The van der Waals surface area contributed by atoms with E-state index >= 15 is 0 Å². The zero-order valence-electron chi connectivity index (χ0n) is 14.6. The summed E-state index contributed by atoms with van der Waals surface area (Å²) in [5.74, 6) is -0.602. The number of H-pyrrole nitrogens is 1. The summed E-state index contributed by atoms with van der Waals surface area (Å²) in [5.41, 5.74) is 3.98. The molecule has 0 aromatic carbocycles. The van der Waals surface area contributed by atoms with Gasteiger partial charge in [-0.3, -0.25) is 9.78 Å². The predicted octanol–water partition coefficient (Wildman–Crippen LogP) is 2.03. The molecule has 2 aromatic rings. The van der Waals surface area contributed by atoms with Gasteiger partial charge in [-0.2, -0.15) is 0 Å². The number of carbonyl (C=O) groups is 2. The van der Waals surface area contributed by atoms with E-state index in [1.807, 2.05) is 6.07 Å². The quantitative estimate of drug-likeness (QED) is 0.663. The largest absolute Gasteiger partial charge is 0.460 e. The Bertz CT molecular complexity index is 813. The normalized spacial score (nSPS) is 13.0. The molecule has 1 aliphatic heterocycles. The van der Waals surface area contributed by atoms with Crippen LogP contribution in [0.2, 0.25) is 0 Å². The summed E-state index contributed by atoms with van der Waals surface area (Å²) < 4.78 is 10.1. The monoisotopic (exact) mass is 343 g/mol. The lowest BCUT2D eigenvalue weighted by Crippen LogP contribution is -2.29. The summed E-state index contributed by atoms with van der Waals surface area (Å²) in [6.45, 7) is 4.63. The Morgan fingerprint density at radius 3 is 2.88 bits per heavy atom. The van der Waals surface area contributed by atoms with Crippen LogP contribution in [0.1, 0.15) is 37.7 Å². The summed E-state index contributed by atoms with van der Waals surface area (Å²) in [5, 5.41) is 0. The Balaban J connectivity index is 1.85. The number of rotatable bonds is 5. The second-order valence-electron chi connectivity index (χ2n) is 5.96. The predicted molar refractivity (Wildman–Crippen MR) is 92.0 cm³/mol. The van der Waals surface area contributed by atoms with E-state index in [0.29, 0.717) is 35.7 Å². The number of aromatic nitrogens is 2. The fraction of sp³-hybridized carbons (Fsp3) is 0.389. The number of hydrogen-bond donors (Lipinski definition) is 1. The van der Waals surface area contributed by atoms with E-state index in [1.54, 1.807) is 38.3 Å². The summed E-state index contributed by atoms with van der Waals surface area (Å²) in [6.07, 6.45) is 4.24. The first-order chi connectivity index (χ1) is 12.0. The molecule has 7 heteroatoms. The van der Waals surface area contributed by atoms with E-state index in [2.05, 4.69) is 9.97 Å². The van der Waals surface area contributed by atoms with E-state index in [-0.39, 0.29) is 12.5 Å². The lowest BCUT2D eigenvalue weighted by atomic mass is 10.1. The van der Waals surface area contributed by atoms with Crippen LogP contribution in [0, 0.1) is 13.8 Å². The molecule has 0 aliphatic carbocycles. The molecule has 2 aromatic heterocycles. The maximum atomic E-state index is 13.0. The van der Waals surface area contributed by atoms with Gasteiger partial charge in [0.15, 0.2) is 0 Å². The van der Waals surface area contributed by atoms with Crippen molar-refractivity contribution in [3.63, 3.8) is 0 Å². The number of nitrogens with one attached hydrogen (secondary N) is 1. The molecule has 3 rings (SSSR count). The van der Waals surface area contributed by atoms with Crippen LogP contribution in [0.25, 0.3) is 0 Å². The summed E-state index contributed by atoms with van der Waals surface area (Å²) in [7, 11) is 1.54. The van der Waals surface area contributed by atoms with E-state index in [0.717, 1.165) is 17.7 Å². The van der Waals surface area contributed by atoms with Crippen LogP contribution in [-0.4, -0.2) is 48.7 Å². The van der Waals surface area contributed by atoms with Crippen molar-refractivity contribution in [2.75, 3.05) is 31.8 Å². The first-order valence-electron chi connectivity index (χ1n) is 8.14. The molecule has 0 unspecified atom stereocenters. The number of aryl methyl sites for hydroxylation is 1. The third kappa shape index (κ3) is 3.15. The molecule has 0 spiro atoms. The van der Waals surface area contributed by atoms with E-state index < -0.39 is 5.97 Å². The minimum Gasteiger partial charge on any atom is -0.460 e. The van der Waals surface area contributed by atoms with Crippen molar-refractivity contribution in [3.05, 3.63) is 46.5 Å². The van der Waals surface area contributed by atoms with E-state index in [4.69, 9.17) is 9.47 Å². The standard InChI is InChI=1S/C18H21N3O4/c1-11-15(18(23)25-9-8-24-3)12(2)20-16(11)17(22)21-7-5-13-10-19-6-4-14(13)21/h4,6,10,20H,5,7-9H2,1-3H3. The van der Waals surface area contributed by atoms with Gasteiger partial charge < -0.3 is 19.4 Å². The van der Waals surface area contributed by atoms with Crippen LogP contribution in [-0.2, 0) is 15.9 Å². The number of aromatic amines is 1. The molecule has 0 bridgehead atoms. The van der Waals surface area contributed by atoms with Gasteiger partial charge in [0.25, 0.3) is 5.91 Å². The molecular weight excluding hydrogens is 322 g/mol. The lowest BCUT2D eigenvalue weighted by molar-refractivity contribution is 0.0387. The van der Waals surface area contributed by atoms with Crippen LogP contribution < -0.4 is 4.90 Å². The molecule has 25 heavy (non-hydrogen) atoms. The van der Waals surface area contributed by atoms with Crippen molar-refractivity contribution in [1.82, 2.24) is 9.97 Å². The Kier molecular flexibility index (Phi) is 4.85. The third-order valence-electron chi connectivity index (χ3n) is 4.39. The number of nitrogens with zero attached hydrogens (tertiary/aromatic N) is 2. The fourth-order valence-electron chi connectivity index (χ4n) is 3.13. The molecule has 0 radical (unpaired) electrons. The Labute approximate surface area is 146 Å². The summed E-state index contributed by atoms with van der Waals surface area (Å²) in [4.78, 5) is 34.1. The summed E-state index contributed by atoms with van der Waals surface area (Å²) in [6, 6.07) is 1.84. The van der Waals surface area contributed by atoms with Gasteiger partial charge in [0.05, 0.1) is 17.9 Å². The zero-order valence-corrected chi connectivity index (χ0v) is 14.6. The maximum absolute atomic E-state index is 13.0. The van der Waals surface area contributed by atoms with Gasteiger partial charge in [-0.05, 0) is 37.5 Å². The molecule has 132 valence electrons. The van der Waals surface area contributed by atoms with Crippen LogP contribution in [0.15, 0.2) is 18.5 Å². The number of carbonyl (C=O) groups excluding carboxylic acids is 2. The maximum Gasteiger partial charge on any atom is 0.340 e. The van der Waals surface area contributed by atoms with Gasteiger partial charge in [-0.1, -0.05) is 0 Å². The molecule has 7 nitrogen and oxygen atoms in total. The highest BCUT2D eigenvalue weighted by Gasteiger charge is 2.30. The van der Waals surface area contributed by atoms with Gasteiger partial charge in [0, 0.05) is 31.7 Å². The zero-order chi connectivity index (χ0) is 18.0. The number of esters is 1. The first kappa shape index (κ1) is 17.2. The SMILES string of the molecule is COCCOC(=O)c1c(C)[nH]c(C(=O)N2CCc3cnccc32)c1C. The second kappa shape index (κ2) is 7.06. The third-order valence-corrected chi connectivity index (χ3v) is 4.39. The Morgan fingerprint density at radius 1 is 1.32 bits per heavy atom. The number of hydrogen-bond acceptors (Lipinski definition) is 5. The van der Waals surface area contributed by atoms with Crippen LogP contribution >= 0.6 is 0 Å². The van der Waals surface area contributed by atoms with E-state index in [1.165, 1.54) is 0 Å². The Morgan fingerprint density at radius 2 is 2.12 bits per heavy atom. The van der Waals surface area contributed by atoms with Crippen LogP contribution in [0.4, 0.5) is 5.69 Å². The highest BCUT2D eigenvalue weighted by atomic mass is 16.6. The molecular formula is C18H21N3O4. The van der Waals surface area contributed by atoms with Crippen molar-refractivity contribution in [2.45, 2.75) is 20.3 Å². The molecule has 1 aliphatic rings. The van der Waals surface area contributed by atoms with Gasteiger partial charge in [0.2, 0.25) is 0 Å². The first-order valence-corrected chi connectivity index (χ1v) is 8.14. The average Bonchev–Trinajstić information content (AvgIpc) is 3.15. The van der Waals surface area contributed by atoms with E-state index in [9.17, 15) is 9.59 Å². The van der Waals surface area contributed by atoms with Crippen molar-refractivity contribution in [1.29, 1.82) is 0 Å². The second-order valence-corrected chi connectivity index (χ2v) is 5.96. The molecule has 3 heterocycles. The van der Waals surface area contributed by atoms with Crippen molar-refractivity contribution >= 4 is 17.6 Å². The highest BCUT2D eigenvalue weighted by molar-refractivity contribution is 6.09. The minimum atomic E-state index is -0.451. The number of fused-ring (bicyclic) bond motifs is 1. The molecule has 0 saturated heterocycles. The minimum absolute atomic E-state index is 0.151. The van der Waals surface area contributed by atoms with Gasteiger partial charge >= 0.3 is 5.97 Å². The van der Waals surface area contributed by atoms with Crippen molar-refractivity contribution < 1.29 is 19.1 Å². The molecule has 0 fully saturated rings. The van der Waals surface area contributed by atoms with Gasteiger partial charge in [-0.15, -0.1) is 0 Å². The number of amides is 1. The number of methoxy groups -OCH3 is 1. The molecule has 0 saturated carbocycles. The topological polar surface area (TPSA) is 84.5 Å². The van der Waals surface area contributed by atoms with Gasteiger partial charge in [-0.25, -0.2) is 4.79 Å². The number of anilines is 1. The Hall–Kier alpha value is -2.67. The fourth-order valence-corrected chi connectivity index (χ4v) is 3.13. The highest BCUT2D eigenvalue weighted by Crippen LogP contribution is 2.29. The molecule has 1 amide bonds. The molecule has 0 atom stereocenters. The lowest BCUT2D eigenvalue weighted by Gasteiger charge is -2.16. The van der Waals surface area contributed by atoms with Crippen molar-refractivity contribution in [3.8, 4) is 0 Å². The molecule has 1 N–H and O–H groups in total. The summed E-state index contributed by atoms with van der Waals surface area (Å²) >= 11 is 0.